The summed E-state index contributed by atoms with van der Waals surface area (Å²) in [6.45, 7) is 1.74. The van der Waals surface area contributed by atoms with E-state index >= 15 is 0 Å². The zero-order chi connectivity index (χ0) is 12.3. The summed E-state index contributed by atoms with van der Waals surface area (Å²) < 4.78 is 6.63. The van der Waals surface area contributed by atoms with Crippen LogP contribution < -0.4 is 4.74 Å². The summed E-state index contributed by atoms with van der Waals surface area (Å²) in [4.78, 5) is 0. The van der Waals surface area contributed by atoms with Crippen molar-refractivity contribution in [2.24, 2.45) is 0 Å². The molecule has 2 rings (SSSR count). The Balaban J connectivity index is 2.17. The summed E-state index contributed by atoms with van der Waals surface area (Å²) in [6, 6.07) is 15.1. The minimum atomic E-state index is -0.451. The van der Waals surface area contributed by atoms with Crippen LogP contribution in [0.5, 0.6) is 11.5 Å². The molecule has 2 nitrogen and oxygen atoms in total. The van der Waals surface area contributed by atoms with Gasteiger partial charge >= 0.3 is 0 Å². The predicted molar refractivity (Wildman–Crippen MR) is 71.3 cm³/mol. The van der Waals surface area contributed by atoms with Crippen LogP contribution in [0.2, 0.25) is 0 Å². The van der Waals surface area contributed by atoms with Crippen molar-refractivity contribution in [2.75, 3.05) is 0 Å². The smallest absolute Gasteiger partial charge is 0.141 e. The molecule has 0 aliphatic heterocycles. The topological polar surface area (TPSA) is 29.5 Å². The third kappa shape index (κ3) is 3.08. The Labute approximate surface area is 109 Å². The molecule has 0 unspecified atom stereocenters. The van der Waals surface area contributed by atoms with Gasteiger partial charge in [-0.05, 0) is 52.7 Å². The first-order valence-electron chi connectivity index (χ1n) is 5.37. The van der Waals surface area contributed by atoms with E-state index in [2.05, 4.69) is 15.9 Å². The molecule has 0 amide bonds. The van der Waals surface area contributed by atoms with Crippen LogP contribution in [0, 0.1) is 0 Å². The number of aliphatic hydroxyl groups is 1. The highest BCUT2D eigenvalue weighted by molar-refractivity contribution is 9.10. The number of hydrogen-bond acceptors (Lipinski definition) is 2. The Morgan fingerprint density at radius 3 is 2.29 bits per heavy atom. The van der Waals surface area contributed by atoms with Crippen molar-refractivity contribution in [2.45, 2.75) is 13.0 Å². The van der Waals surface area contributed by atoms with Gasteiger partial charge in [0.15, 0.2) is 0 Å². The molecule has 0 bridgehead atoms. The highest BCUT2D eigenvalue weighted by Gasteiger charge is 2.03. The van der Waals surface area contributed by atoms with E-state index in [0.29, 0.717) is 0 Å². The van der Waals surface area contributed by atoms with Gasteiger partial charge in [0.25, 0.3) is 0 Å². The zero-order valence-corrected chi connectivity index (χ0v) is 11.0. The summed E-state index contributed by atoms with van der Waals surface area (Å²) in [5.41, 5.74) is 0.879. The summed E-state index contributed by atoms with van der Waals surface area (Å²) in [5.74, 6) is 1.53. The van der Waals surface area contributed by atoms with Gasteiger partial charge in [-0.2, -0.15) is 0 Å². The molecule has 0 spiro atoms. The Morgan fingerprint density at radius 1 is 1.06 bits per heavy atom. The van der Waals surface area contributed by atoms with Crippen LogP contribution >= 0.6 is 15.9 Å². The van der Waals surface area contributed by atoms with Crippen LogP contribution in [-0.2, 0) is 0 Å². The fourth-order valence-corrected chi connectivity index (χ4v) is 1.83. The largest absolute Gasteiger partial charge is 0.456 e. The number of ether oxygens (including phenoxy) is 1. The average Bonchev–Trinajstić information content (AvgIpc) is 2.33. The molecule has 0 aliphatic carbocycles. The average molecular weight is 293 g/mol. The summed E-state index contributed by atoms with van der Waals surface area (Å²) in [5, 5.41) is 9.40. The fourth-order valence-electron chi connectivity index (χ4n) is 1.47. The minimum absolute atomic E-state index is 0.451. The van der Waals surface area contributed by atoms with E-state index in [9.17, 15) is 5.11 Å². The molecule has 1 atom stereocenters. The first kappa shape index (κ1) is 12.1. The van der Waals surface area contributed by atoms with Crippen LogP contribution in [0.4, 0.5) is 0 Å². The van der Waals surface area contributed by atoms with Crippen LogP contribution in [0.15, 0.2) is 53.0 Å². The molecular weight excluding hydrogens is 280 g/mol. The van der Waals surface area contributed by atoms with Crippen molar-refractivity contribution in [3.05, 3.63) is 58.6 Å². The van der Waals surface area contributed by atoms with E-state index in [0.717, 1.165) is 21.5 Å². The summed E-state index contributed by atoms with van der Waals surface area (Å²) >= 11 is 3.43. The molecule has 0 saturated carbocycles. The molecule has 1 N–H and O–H groups in total. The quantitative estimate of drug-likeness (QED) is 0.914. The van der Waals surface area contributed by atoms with Gasteiger partial charge in [0.1, 0.15) is 11.5 Å². The molecule has 88 valence electrons. The number of hydrogen-bond donors (Lipinski definition) is 1. The van der Waals surface area contributed by atoms with Crippen LogP contribution in [0.25, 0.3) is 0 Å². The number of rotatable bonds is 3. The third-order valence-corrected chi connectivity index (χ3v) is 3.08. The molecule has 0 saturated heterocycles. The lowest BCUT2D eigenvalue weighted by molar-refractivity contribution is 0.199. The molecule has 0 fully saturated rings. The first-order chi connectivity index (χ1) is 8.16. The number of benzene rings is 2. The van der Waals surface area contributed by atoms with Gasteiger partial charge in [0.2, 0.25) is 0 Å². The van der Waals surface area contributed by atoms with Crippen molar-refractivity contribution < 1.29 is 9.84 Å². The number of halogens is 1. The Kier molecular flexibility index (Phi) is 3.82. The molecule has 2 aromatic rings. The zero-order valence-electron chi connectivity index (χ0n) is 9.43. The van der Waals surface area contributed by atoms with E-state index in [1.54, 1.807) is 6.92 Å². The molecule has 3 heteroatoms. The van der Waals surface area contributed by atoms with E-state index in [1.165, 1.54) is 0 Å². The fraction of sp³-hybridized carbons (Fsp3) is 0.143. The maximum absolute atomic E-state index is 9.40. The second-order valence-corrected chi connectivity index (χ2v) is 4.63. The Bertz CT molecular complexity index is 492. The van der Waals surface area contributed by atoms with Crippen LogP contribution in [-0.4, -0.2) is 5.11 Å². The monoisotopic (exact) mass is 292 g/mol. The highest BCUT2D eigenvalue weighted by atomic mass is 79.9. The van der Waals surface area contributed by atoms with Crippen molar-refractivity contribution >= 4 is 15.9 Å². The first-order valence-corrected chi connectivity index (χ1v) is 6.16. The van der Waals surface area contributed by atoms with Crippen LogP contribution in [0.3, 0.4) is 0 Å². The van der Waals surface area contributed by atoms with Gasteiger partial charge in [0.05, 0.1) is 10.6 Å². The molecule has 0 heterocycles. The third-order valence-electron chi connectivity index (χ3n) is 2.43. The maximum Gasteiger partial charge on any atom is 0.141 e. The standard InChI is InChI=1S/C14H13BrO2/c1-10(16)11-6-8-12(9-7-11)17-14-5-3-2-4-13(14)15/h2-10,16H,1H3/t10-/m0/s1. The summed E-state index contributed by atoms with van der Waals surface area (Å²) in [6.07, 6.45) is -0.451. The van der Waals surface area contributed by atoms with Gasteiger partial charge < -0.3 is 9.84 Å². The Hall–Kier alpha value is -1.32. The lowest BCUT2D eigenvalue weighted by Crippen LogP contribution is -1.91. The molecule has 2 aromatic carbocycles. The second-order valence-electron chi connectivity index (χ2n) is 3.78. The Morgan fingerprint density at radius 2 is 1.71 bits per heavy atom. The van der Waals surface area contributed by atoms with E-state index < -0.39 is 6.10 Å². The lowest BCUT2D eigenvalue weighted by Gasteiger charge is -2.09. The molecule has 0 radical (unpaired) electrons. The van der Waals surface area contributed by atoms with Crippen molar-refractivity contribution in [3.63, 3.8) is 0 Å². The number of para-hydroxylation sites is 1. The van der Waals surface area contributed by atoms with Crippen molar-refractivity contribution in [1.82, 2.24) is 0 Å². The number of aliphatic hydroxyl groups excluding tert-OH is 1. The normalized spacial score (nSPS) is 12.2. The maximum atomic E-state index is 9.40. The predicted octanol–water partition coefficient (Wildman–Crippen LogP) is 4.29. The lowest BCUT2D eigenvalue weighted by atomic mass is 10.1. The minimum Gasteiger partial charge on any atom is -0.456 e. The molecule has 0 aromatic heterocycles. The van der Waals surface area contributed by atoms with Crippen molar-refractivity contribution in [1.29, 1.82) is 0 Å². The second kappa shape index (κ2) is 5.34. The van der Waals surface area contributed by atoms with E-state index in [-0.39, 0.29) is 0 Å². The van der Waals surface area contributed by atoms with E-state index in [4.69, 9.17) is 4.74 Å². The van der Waals surface area contributed by atoms with Gasteiger partial charge in [-0.3, -0.25) is 0 Å². The van der Waals surface area contributed by atoms with Gasteiger partial charge in [-0.15, -0.1) is 0 Å². The van der Waals surface area contributed by atoms with Gasteiger partial charge in [-0.1, -0.05) is 24.3 Å². The molecule has 0 aliphatic rings. The molecule has 17 heavy (non-hydrogen) atoms. The van der Waals surface area contributed by atoms with Crippen LogP contribution in [0.1, 0.15) is 18.6 Å². The SMILES string of the molecule is C[C@H](O)c1ccc(Oc2ccccc2Br)cc1. The summed E-state index contributed by atoms with van der Waals surface area (Å²) in [7, 11) is 0. The van der Waals surface area contributed by atoms with E-state index in [1.807, 2.05) is 48.5 Å². The van der Waals surface area contributed by atoms with Gasteiger partial charge in [-0.25, -0.2) is 0 Å². The highest BCUT2D eigenvalue weighted by Crippen LogP contribution is 2.29. The van der Waals surface area contributed by atoms with Crippen molar-refractivity contribution in [3.8, 4) is 11.5 Å². The van der Waals surface area contributed by atoms with Gasteiger partial charge in [0, 0.05) is 0 Å². The molecular formula is C14H13BrO2.